The van der Waals surface area contributed by atoms with Crippen LogP contribution in [0.2, 0.25) is 0 Å². The van der Waals surface area contributed by atoms with Gasteiger partial charge in [-0.1, -0.05) is 68.3 Å². The monoisotopic (exact) mass is 389 g/mol. The van der Waals surface area contributed by atoms with Gasteiger partial charge in [-0.15, -0.1) is 0 Å². The molecule has 29 heavy (non-hydrogen) atoms. The van der Waals surface area contributed by atoms with E-state index < -0.39 is 11.6 Å². The molecule has 1 fully saturated rings. The van der Waals surface area contributed by atoms with Gasteiger partial charge in [0.15, 0.2) is 5.78 Å². The molecule has 0 aliphatic carbocycles. The Morgan fingerprint density at radius 3 is 2.52 bits per heavy atom. The summed E-state index contributed by atoms with van der Waals surface area (Å²) < 4.78 is 0. The van der Waals surface area contributed by atoms with E-state index in [2.05, 4.69) is 10.3 Å². The lowest BCUT2D eigenvalue weighted by molar-refractivity contribution is -0.131. The van der Waals surface area contributed by atoms with Crippen LogP contribution in [0.15, 0.2) is 60.8 Å². The zero-order valence-electron chi connectivity index (χ0n) is 16.3. The summed E-state index contributed by atoms with van der Waals surface area (Å²) >= 11 is 0. The summed E-state index contributed by atoms with van der Waals surface area (Å²) in [6.07, 6.45) is 3.81. The molecule has 3 aromatic rings. The number of fused-ring (bicyclic) bond motifs is 1. The molecule has 0 bridgehead atoms. The van der Waals surface area contributed by atoms with Crippen molar-refractivity contribution in [2.24, 2.45) is 0 Å². The maximum atomic E-state index is 13.4. The highest BCUT2D eigenvalue weighted by Crippen LogP contribution is 2.34. The number of amides is 3. The number of carbonyl (C=O) groups is 3. The molecule has 1 unspecified atom stereocenters. The lowest BCUT2D eigenvalue weighted by Gasteiger charge is -2.27. The van der Waals surface area contributed by atoms with Gasteiger partial charge in [-0.05, 0) is 18.1 Å². The van der Waals surface area contributed by atoms with Crippen molar-refractivity contribution in [3.63, 3.8) is 0 Å². The van der Waals surface area contributed by atoms with E-state index in [-0.39, 0.29) is 18.2 Å². The number of aromatic amines is 1. The summed E-state index contributed by atoms with van der Waals surface area (Å²) in [7, 11) is 0. The summed E-state index contributed by atoms with van der Waals surface area (Å²) in [6.45, 7) is 1.76. The van der Waals surface area contributed by atoms with Crippen molar-refractivity contribution in [2.45, 2.75) is 31.7 Å². The van der Waals surface area contributed by atoms with Gasteiger partial charge in [0.25, 0.3) is 5.91 Å². The van der Waals surface area contributed by atoms with Gasteiger partial charge in [-0.25, -0.2) is 4.79 Å². The molecule has 1 saturated heterocycles. The zero-order chi connectivity index (χ0) is 20.4. The number of hydrogen-bond acceptors (Lipinski definition) is 3. The Bertz CT molecular complexity index is 1070. The maximum Gasteiger partial charge on any atom is 0.325 e. The van der Waals surface area contributed by atoms with E-state index in [0.717, 1.165) is 34.2 Å². The Hall–Kier alpha value is -3.41. The normalized spacial score (nSPS) is 19.0. The number of hydrogen-bond donors (Lipinski definition) is 2. The SMILES string of the molecule is CCCCC1(c2ccccc2)NC(=O)N(CC(=O)c2c[nH]c3ccccc23)C1=O. The predicted molar refractivity (Wildman–Crippen MR) is 111 cm³/mol. The lowest BCUT2D eigenvalue weighted by atomic mass is 9.85. The number of rotatable bonds is 7. The first-order valence-electron chi connectivity index (χ1n) is 9.86. The highest BCUT2D eigenvalue weighted by Gasteiger charge is 2.52. The molecule has 3 amide bonds. The molecule has 6 nitrogen and oxygen atoms in total. The van der Waals surface area contributed by atoms with Crippen LogP contribution in [-0.4, -0.2) is 34.2 Å². The second-order valence-corrected chi connectivity index (χ2v) is 7.37. The van der Waals surface area contributed by atoms with E-state index in [9.17, 15) is 14.4 Å². The quantitative estimate of drug-likeness (QED) is 0.473. The Labute approximate surface area is 168 Å². The van der Waals surface area contributed by atoms with Crippen molar-refractivity contribution in [2.75, 3.05) is 6.54 Å². The van der Waals surface area contributed by atoms with Gasteiger partial charge in [-0.2, -0.15) is 0 Å². The number of unbranched alkanes of at least 4 members (excludes halogenated alkanes) is 1. The van der Waals surface area contributed by atoms with E-state index in [1.807, 2.05) is 61.5 Å². The van der Waals surface area contributed by atoms with Crippen LogP contribution in [0.1, 0.15) is 42.1 Å². The van der Waals surface area contributed by atoms with Gasteiger partial charge in [0.1, 0.15) is 5.54 Å². The molecule has 1 aliphatic heterocycles. The molecular formula is C23H23N3O3. The van der Waals surface area contributed by atoms with Crippen LogP contribution in [0.4, 0.5) is 4.79 Å². The smallest absolute Gasteiger partial charge is 0.325 e. The highest BCUT2D eigenvalue weighted by atomic mass is 16.2. The van der Waals surface area contributed by atoms with Crippen LogP contribution in [0, 0.1) is 0 Å². The molecule has 1 aromatic heterocycles. The van der Waals surface area contributed by atoms with E-state index in [0.29, 0.717) is 12.0 Å². The number of urea groups is 1. The number of carbonyl (C=O) groups excluding carboxylic acids is 3. The van der Waals surface area contributed by atoms with Crippen LogP contribution in [0.5, 0.6) is 0 Å². The van der Waals surface area contributed by atoms with Gasteiger partial charge in [-0.3, -0.25) is 14.5 Å². The number of ketones is 1. The summed E-state index contributed by atoms with van der Waals surface area (Å²) in [5, 5.41) is 3.67. The Balaban J connectivity index is 1.64. The van der Waals surface area contributed by atoms with E-state index in [1.54, 1.807) is 6.20 Å². The van der Waals surface area contributed by atoms with E-state index in [1.165, 1.54) is 0 Å². The Kier molecular flexibility index (Phi) is 4.92. The summed E-state index contributed by atoms with van der Waals surface area (Å²) in [5.41, 5.74) is 0.949. The summed E-state index contributed by atoms with van der Waals surface area (Å²) in [6, 6.07) is 16.2. The number of nitrogens with zero attached hydrogens (tertiary/aromatic N) is 1. The fourth-order valence-electron chi connectivity index (χ4n) is 3.97. The lowest BCUT2D eigenvalue weighted by Crippen LogP contribution is -2.44. The molecule has 2 N–H and O–H groups in total. The molecule has 2 aromatic carbocycles. The minimum atomic E-state index is -1.12. The van der Waals surface area contributed by atoms with E-state index >= 15 is 0 Å². The first-order chi connectivity index (χ1) is 14.1. The van der Waals surface area contributed by atoms with Gasteiger partial charge >= 0.3 is 6.03 Å². The van der Waals surface area contributed by atoms with Gasteiger partial charge in [0, 0.05) is 22.7 Å². The number of imide groups is 1. The van der Waals surface area contributed by atoms with Crippen molar-refractivity contribution in [3.05, 3.63) is 71.9 Å². The predicted octanol–water partition coefficient (Wildman–Crippen LogP) is 3.99. The van der Waals surface area contributed by atoms with Crippen molar-refractivity contribution < 1.29 is 14.4 Å². The Morgan fingerprint density at radius 1 is 1.03 bits per heavy atom. The average molecular weight is 389 g/mol. The standard InChI is InChI=1S/C23H23N3O3/c1-2-3-13-23(16-9-5-4-6-10-16)21(28)26(22(29)25-23)15-20(27)18-14-24-19-12-8-7-11-17(18)19/h4-12,14,24H,2-3,13,15H2,1H3,(H,25,29). The molecule has 0 spiro atoms. The van der Waals surface area contributed by atoms with Crippen LogP contribution >= 0.6 is 0 Å². The van der Waals surface area contributed by atoms with Crippen LogP contribution < -0.4 is 5.32 Å². The van der Waals surface area contributed by atoms with Gasteiger partial charge < -0.3 is 10.3 Å². The second kappa shape index (κ2) is 7.54. The first kappa shape index (κ1) is 18.9. The van der Waals surface area contributed by atoms with Gasteiger partial charge in [0.05, 0.1) is 6.54 Å². The summed E-state index contributed by atoms with van der Waals surface area (Å²) in [4.78, 5) is 43.2. The number of para-hydroxylation sites is 1. The topological polar surface area (TPSA) is 82.3 Å². The van der Waals surface area contributed by atoms with Crippen LogP contribution in [-0.2, 0) is 10.3 Å². The first-order valence-corrected chi connectivity index (χ1v) is 9.86. The number of benzene rings is 2. The third-order valence-corrected chi connectivity index (χ3v) is 5.54. The molecule has 0 saturated carbocycles. The molecule has 0 radical (unpaired) electrons. The van der Waals surface area contributed by atoms with Crippen molar-refractivity contribution in [1.82, 2.24) is 15.2 Å². The van der Waals surface area contributed by atoms with Crippen LogP contribution in [0.25, 0.3) is 10.9 Å². The molecule has 148 valence electrons. The van der Waals surface area contributed by atoms with Crippen molar-refractivity contribution >= 4 is 28.6 Å². The van der Waals surface area contributed by atoms with E-state index in [4.69, 9.17) is 0 Å². The fraction of sp³-hybridized carbons (Fsp3) is 0.261. The molecule has 6 heteroatoms. The van der Waals surface area contributed by atoms with Crippen molar-refractivity contribution in [1.29, 1.82) is 0 Å². The maximum absolute atomic E-state index is 13.4. The minimum Gasteiger partial charge on any atom is -0.360 e. The van der Waals surface area contributed by atoms with Crippen molar-refractivity contribution in [3.8, 4) is 0 Å². The zero-order valence-corrected chi connectivity index (χ0v) is 16.3. The third-order valence-electron chi connectivity index (χ3n) is 5.54. The fourth-order valence-corrected chi connectivity index (χ4v) is 3.97. The largest absolute Gasteiger partial charge is 0.360 e. The number of Topliss-reactive ketones (excluding diaryl/α,β-unsaturated/α-hetero) is 1. The Morgan fingerprint density at radius 2 is 1.76 bits per heavy atom. The molecule has 2 heterocycles. The van der Waals surface area contributed by atoms with Gasteiger partial charge in [0.2, 0.25) is 0 Å². The number of aromatic nitrogens is 1. The number of nitrogens with one attached hydrogen (secondary N) is 2. The second-order valence-electron chi connectivity index (χ2n) is 7.37. The summed E-state index contributed by atoms with van der Waals surface area (Å²) in [5.74, 6) is -0.638. The number of H-pyrrole nitrogens is 1. The highest BCUT2D eigenvalue weighted by molar-refractivity contribution is 6.14. The molecule has 4 rings (SSSR count). The third kappa shape index (κ3) is 3.20. The average Bonchev–Trinajstić information content (AvgIpc) is 3.28. The molecule has 1 atom stereocenters. The molecule has 1 aliphatic rings. The minimum absolute atomic E-state index is 0.273. The molecular weight excluding hydrogens is 366 g/mol. The van der Waals surface area contributed by atoms with Crippen LogP contribution in [0.3, 0.4) is 0 Å².